The van der Waals surface area contributed by atoms with Gasteiger partial charge in [0, 0.05) is 30.9 Å². The topological polar surface area (TPSA) is 45.2 Å². The van der Waals surface area contributed by atoms with Crippen molar-refractivity contribution in [3.05, 3.63) is 59.8 Å². The molecule has 0 saturated carbocycles. The molecular weight excluding hydrogens is 262 g/mol. The highest BCUT2D eigenvalue weighted by molar-refractivity contribution is 5.95. The second-order valence-electron chi connectivity index (χ2n) is 5.41. The van der Waals surface area contributed by atoms with E-state index in [0.29, 0.717) is 0 Å². The lowest BCUT2D eigenvalue weighted by molar-refractivity contribution is 0.0940. The SMILES string of the molecule is Cc1ccccc1C(=O)NC1CCN(c2ccccn2)C1. The first-order chi connectivity index (χ1) is 10.2. The Morgan fingerprint density at radius 3 is 2.81 bits per heavy atom. The lowest BCUT2D eigenvalue weighted by Crippen LogP contribution is -2.37. The van der Waals surface area contributed by atoms with E-state index in [-0.39, 0.29) is 11.9 Å². The fourth-order valence-electron chi connectivity index (χ4n) is 2.72. The highest BCUT2D eigenvalue weighted by atomic mass is 16.1. The predicted molar refractivity (Wildman–Crippen MR) is 83.5 cm³/mol. The molecule has 0 radical (unpaired) electrons. The molecule has 1 aliphatic heterocycles. The van der Waals surface area contributed by atoms with Crippen molar-refractivity contribution < 1.29 is 4.79 Å². The van der Waals surface area contributed by atoms with Crippen LogP contribution in [0.5, 0.6) is 0 Å². The number of aryl methyl sites for hydroxylation is 1. The van der Waals surface area contributed by atoms with Gasteiger partial charge in [-0.2, -0.15) is 0 Å². The minimum absolute atomic E-state index is 0.0148. The summed E-state index contributed by atoms with van der Waals surface area (Å²) in [6.07, 6.45) is 2.75. The molecule has 2 heterocycles. The van der Waals surface area contributed by atoms with Crippen LogP contribution in [-0.2, 0) is 0 Å². The molecule has 1 amide bonds. The lowest BCUT2D eigenvalue weighted by atomic mass is 10.1. The Labute approximate surface area is 124 Å². The van der Waals surface area contributed by atoms with Gasteiger partial charge in [-0.05, 0) is 37.1 Å². The van der Waals surface area contributed by atoms with E-state index >= 15 is 0 Å². The molecule has 0 bridgehead atoms. The van der Waals surface area contributed by atoms with Crippen molar-refractivity contribution in [2.45, 2.75) is 19.4 Å². The molecule has 21 heavy (non-hydrogen) atoms. The number of anilines is 1. The fraction of sp³-hybridized carbons (Fsp3) is 0.294. The van der Waals surface area contributed by atoms with Crippen molar-refractivity contribution in [3.8, 4) is 0 Å². The van der Waals surface area contributed by atoms with E-state index in [0.717, 1.165) is 36.5 Å². The smallest absolute Gasteiger partial charge is 0.251 e. The summed E-state index contributed by atoms with van der Waals surface area (Å²) < 4.78 is 0. The van der Waals surface area contributed by atoms with E-state index in [9.17, 15) is 4.79 Å². The van der Waals surface area contributed by atoms with Gasteiger partial charge in [0.2, 0.25) is 0 Å². The van der Waals surface area contributed by atoms with Crippen molar-refractivity contribution in [2.75, 3.05) is 18.0 Å². The van der Waals surface area contributed by atoms with Gasteiger partial charge in [0.25, 0.3) is 5.91 Å². The van der Waals surface area contributed by atoms with Gasteiger partial charge in [-0.15, -0.1) is 0 Å². The predicted octanol–water partition coefficient (Wildman–Crippen LogP) is 2.40. The molecule has 1 N–H and O–H groups in total. The first-order valence-electron chi connectivity index (χ1n) is 7.26. The Morgan fingerprint density at radius 2 is 2.05 bits per heavy atom. The van der Waals surface area contributed by atoms with E-state index in [4.69, 9.17) is 0 Å². The van der Waals surface area contributed by atoms with Gasteiger partial charge < -0.3 is 10.2 Å². The number of pyridine rings is 1. The van der Waals surface area contributed by atoms with Crippen LogP contribution in [-0.4, -0.2) is 30.0 Å². The van der Waals surface area contributed by atoms with Crippen molar-refractivity contribution in [1.82, 2.24) is 10.3 Å². The second-order valence-corrected chi connectivity index (χ2v) is 5.41. The number of aromatic nitrogens is 1. The molecule has 3 rings (SSSR count). The summed E-state index contributed by atoms with van der Waals surface area (Å²) in [7, 11) is 0. The molecule has 4 heteroatoms. The van der Waals surface area contributed by atoms with Crippen molar-refractivity contribution in [1.29, 1.82) is 0 Å². The number of hydrogen-bond acceptors (Lipinski definition) is 3. The number of nitrogens with zero attached hydrogens (tertiary/aromatic N) is 2. The van der Waals surface area contributed by atoms with Gasteiger partial charge >= 0.3 is 0 Å². The Morgan fingerprint density at radius 1 is 1.24 bits per heavy atom. The van der Waals surface area contributed by atoms with Gasteiger partial charge in [-0.25, -0.2) is 4.98 Å². The minimum atomic E-state index is 0.0148. The van der Waals surface area contributed by atoms with E-state index in [1.54, 1.807) is 6.20 Å². The third kappa shape index (κ3) is 3.05. The molecular formula is C17H19N3O. The van der Waals surface area contributed by atoms with Gasteiger partial charge in [-0.1, -0.05) is 24.3 Å². The number of nitrogens with one attached hydrogen (secondary N) is 1. The summed E-state index contributed by atoms with van der Waals surface area (Å²) in [5.74, 6) is 0.992. The third-order valence-corrected chi connectivity index (χ3v) is 3.89. The van der Waals surface area contributed by atoms with Crippen LogP contribution in [0.15, 0.2) is 48.7 Å². The Balaban J connectivity index is 1.63. The summed E-state index contributed by atoms with van der Waals surface area (Å²) in [4.78, 5) is 18.9. The normalized spacial score (nSPS) is 17.8. The molecule has 1 atom stereocenters. The zero-order valence-electron chi connectivity index (χ0n) is 12.1. The maximum Gasteiger partial charge on any atom is 0.251 e. The molecule has 4 nitrogen and oxygen atoms in total. The zero-order valence-corrected chi connectivity index (χ0v) is 12.1. The standard InChI is InChI=1S/C17H19N3O/c1-13-6-2-3-7-15(13)17(21)19-14-9-11-20(12-14)16-8-4-5-10-18-16/h2-8,10,14H,9,11-12H2,1H3,(H,19,21). The first kappa shape index (κ1) is 13.6. The average Bonchev–Trinajstić information content (AvgIpc) is 2.97. The van der Waals surface area contributed by atoms with Crippen LogP contribution in [0.4, 0.5) is 5.82 Å². The molecule has 1 unspecified atom stereocenters. The molecule has 0 aliphatic carbocycles. The van der Waals surface area contributed by atoms with Crippen molar-refractivity contribution in [3.63, 3.8) is 0 Å². The molecule has 1 saturated heterocycles. The van der Waals surface area contributed by atoms with E-state index in [1.165, 1.54) is 0 Å². The number of carbonyl (C=O) groups is 1. The Bertz CT molecular complexity index is 627. The number of benzene rings is 1. The van der Waals surface area contributed by atoms with Crippen LogP contribution in [0.2, 0.25) is 0 Å². The highest BCUT2D eigenvalue weighted by Gasteiger charge is 2.25. The van der Waals surface area contributed by atoms with Gasteiger partial charge in [-0.3, -0.25) is 4.79 Å². The van der Waals surface area contributed by atoms with Gasteiger partial charge in [0.15, 0.2) is 0 Å². The summed E-state index contributed by atoms with van der Waals surface area (Å²) in [5.41, 5.74) is 1.77. The highest BCUT2D eigenvalue weighted by Crippen LogP contribution is 2.18. The number of rotatable bonds is 3. The van der Waals surface area contributed by atoms with E-state index in [2.05, 4.69) is 15.2 Å². The molecule has 1 fully saturated rings. The van der Waals surface area contributed by atoms with Crippen molar-refractivity contribution in [2.24, 2.45) is 0 Å². The zero-order chi connectivity index (χ0) is 14.7. The van der Waals surface area contributed by atoms with Crippen LogP contribution in [0.1, 0.15) is 22.3 Å². The summed E-state index contributed by atoms with van der Waals surface area (Å²) >= 11 is 0. The number of amides is 1. The summed E-state index contributed by atoms with van der Waals surface area (Å²) in [6, 6.07) is 13.8. The maximum atomic E-state index is 12.3. The number of carbonyl (C=O) groups excluding carboxylic acids is 1. The Hall–Kier alpha value is -2.36. The van der Waals surface area contributed by atoms with Crippen LogP contribution < -0.4 is 10.2 Å². The first-order valence-corrected chi connectivity index (χ1v) is 7.26. The Kier molecular flexibility index (Phi) is 3.86. The monoisotopic (exact) mass is 281 g/mol. The van der Waals surface area contributed by atoms with E-state index < -0.39 is 0 Å². The molecule has 108 valence electrons. The van der Waals surface area contributed by atoms with Gasteiger partial charge in [0.1, 0.15) is 5.82 Å². The van der Waals surface area contributed by atoms with E-state index in [1.807, 2.05) is 49.4 Å². The van der Waals surface area contributed by atoms with Gasteiger partial charge in [0.05, 0.1) is 0 Å². The average molecular weight is 281 g/mol. The fourth-order valence-corrected chi connectivity index (χ4v) is 2.72. The van der Waals surface area contributed by atoms with Crippen LogP contribution in [0.3, 0.4) is 0 Å². The molecule has 1 aromatic heterocycles. The second kappa shape index (κ2) is 5.95. The third-order valence-electron chi connectivity index (χ3n) is 3.89. The molecule has 1 aromatic carbocycles. The molecule has 0 spiro atoms. The molecule has 2 aromatic rings. The van der Waals surface area contributed by atoms with Crippen LogP contribution >= 0.6 is 0 Å². The lowest BCUT2D eigenvalue weighted by Gasteiger charge is -2.18. The van der Waals surface area contributed by atoms with Crippen molar-refractivity contribution >= 4 is 11.7 Å². The number of hydrogen-bond donors (Lipinski definition) is 1. The minimum Gasteiger partial charge on any atom is -0.354 e. The quantitative estimate of drug-likeness (QED) is 0.939. The maximum absolute atomic E-state index is 12.3. The summed E-state index contributed by atoms with van der Waals surface area (Å²) in [6.45, 7) is 3.70. The molecule has 1 aliphatic rings. The summed E-state index contributed by atoms with van der Waals surface area (Å²) in [5, 5.41) is 3.13. The van der Waals surface area contributed by atoms with Crippen LogP contribution in [0, 0.1) is 6.92 Å². The largest absolute Gasteiger partial charge is 0.354 e. The van der Waals surface area contributed by atoms with Crippen LogP contribution in [0.25, 0.3) is 0 Å².